The van der Waals surface area contributed by atoms with Crippen LogP contribution in [0.3, 0.4) is 0 Å². The van der Waals surface area contributed by atoms with Crippen molar-refractivity contribution < 1.29 is 58.4 Å². The Balaban J connectivity index is 0. The van der Waals surface area contributed by atoms with Crippen molar-refractivity contribution in [2.75, 3.05) is 0 Å². The van der Waals surface area contributed by atoms with Gasteiger partial charge in [0.2, 0.25) is 0 Å². The predicted octanol–water partition coefficient (Wildman–Crippen LogP) is -7.75. The molecule has 0 N–H and O–H groups in total. The van der Waals surface area contributed by atoms with Gasteiger partial charge in [-0.05, 0) is 0 Å². The van der Waals surface area contributed by atoms with Crippen molar-refractivity contribution in [2.45, 2.75) is 0 Å². The van der Waals surface area contributed by atoms with Gasteiger partial charge >= 0.3 is 29.6 Å². The van der Waals surface area contributed by atoms with Gasteiger partial charge in [-0.2, -0.15) is 0 Å². The maximum Gasteiger partial charge on any atom is 1.00 e. The summed E-state index contributed by atoms with van der Waals surface area (Å²) in [6.45, 7) is 0. The van der Waals surface area contributed by atoms with Crippen LogP contribution in [0.1, 0.15) is 0 Å². The Morgan fingerprint density at radius 1 is 1.17 bits per heavy atom. The molecule has 6 heavy (non-hydrogen) atoms. The monoisotopic (exact) mass is 124 g/mol. The Labute approximate surface area is 58.4 Å². The molecule has 0 amide bonds. The van der Waals surface area contributed by atoms with Crippen LogP contribution in [0.5, 0.6) is 0 Å². The zero-order valence-electron chi connectivity index (χ0n) is 3.01. The summed E-state index contributed by atoms with van der Waals surface area (Å²) in [5.41, 5.74) is 0. The number of rotatable bonds is 0. The van der Waals surface area contributed by atoms with Crippen LogP contribution >= 0.6 is 0 Å². The second kappa shape index (κ2) is 3.17. The van der Waals surface area contributed by atoms with Gasteiger partial charge < -0.3 is 0 Å². The number of hydrogen-bond acceptors (Lipinski definition) is 4. The summed E-state index contributed by atoms with van der Waals surface area (Å²) in [5.74, 6) is 0. The molecule has 0 aromatic heterocycles. The van der Waals surface area contributed by atoms with Gasteiger partial charge in [0.15, 0.2) is 0 Å². The second-order valence-electron chi connectivity index (χ2n) is 0.378. The van der Waals surface area contributed by atoms with E-state index in [1.54, 1.807) is 0 Å². The van der Waals surface area contributed by atoms with Gasteiger partial charge in [0.25, 0.3) is 0 Å². The number of halogens is 1. The summed E-state index contributed by atoms with van der Waals surface area (Å²) in [4.78, 5) is 0. The van der Waals surface area contributed by atoms with Gasteiger partial charge in [-0.1, -0.05) is 0 Å². The quantitative estimate of drug-likeness (QED) is 0.237. The van der Waals surface area contributed by atoms with Crippen LogP contribution in [0.2, 0.25) is 0 Å². The van der Waals surface area contributed by atoms with Crippen molar-refractivity contribution in [1.82, 2.24) is 0 Å². The van der Waals surface area contributed by atoms with E-state index >= 15 is 0 Å². The van der Waals surface area contributed by atoms with E-state index in [1.165, 1.54) is 0 Å². The molecule has 6 heteroatoms. The second-order valence-corrected chi connectivity index (χ2v) is 1.13. The number of hydrogen-bond donors (Lipinski definition) is 0. The molecule has 0 unspecified atom stereocenters. The minimum absolute atomic E-state index is 0. The normalized spacial score (nSPS) is 10.0. The van der Waals surface area contributed by atoms with Crippen molar-refractivity contribution in [1.29, 1.82) is 0 Å². The Bertz CT molecular complexity index is 23.0. The third-order valence-corrected chi connectivity index (χ3v) is 0. The molecule has 0 saturated carbocycles. The standard InChI is InChI=1S/ClHO4.Na/c2-1(3,4)5;/h(H,2,3,4,5);/q;+1/p-1/i2+2;. The smallest absolute Gasteiger partial charge is 0.222 e. The topological polar surface area (TPSA) is 92.2 Å². The van der Waals surface area contributed by atoms with Gasteiger partial charge in [0.05, 0.1) is 0 Å². The van der Waals surface area contributed by atoms with Crippen molar-refractivity contribution in [3.63, 3.8) is 0 Å². The van der Waals surface area contributed by atoms with Crippen molar-refractivity contribution >= 4 is 0 Å². The van der Waals surface area contributed by atoms with E-state index in [-0.39, 0.29) is 29.6 Å². The summed E-state index contributed by atoms with van der Waals surface area (Å²) in [6.07, 6.45) is 0. The van der Waals surface area contributed by atoms with Crippen LogP contribution in [-0.2, 0) is 0 Å². The van der Waals surface area contributed by atoms with Gasteiger partial charge in [-0.3, -0.25) is 0 Å². The molecule has 0 fully saturated rings. The average molecular weight is 124 g/mol. The Kier molecular flexibility index (Phi) is 5.38. The first kappa shape index (κ1) is 10.2. The van der Waals surface area contributed by atoms with E-state index in [0.29, 0.717) is 0 Å². The summed E-state index contributed by atoms with van der Waals surface area (Å²) < 4.78 is 34.0. The Morgan fingerprint density at radius 2 is 1.17 bits per heavy atom. The van der Waals surface area contributed by atoms with Gasteiger partial charge in [0, 0.05) is 0 Å². The Hall–Kier alpha value is 1.13. The summed E-state index contributed by atoms with van der Waals surface area (Å²) in [7, 11) is -4.94. The molecular formula is ClNaO4. The third kappa shape index (κ3) is 68.5. The first-order valence-corrected chi connectivity index (χ1v) is 1.85. The maximum atomic E-state index is 8.49. The largest absolute Gasteiger partial charge is 1.00 e. The van der Waals surface area contributed by atoms with Crippen molar-refractivity contribution in [3.05, 3.63) is 0 Å². The molecule has 4 nitrogen and oxygen atoms in total. The molecule has 32 valence electrons. The van der Waals surface area contributed by atoms with E-state index < -0.39 is 10.2 Å². The van der Waals surface area contributed by atoms with Crippen LogP contribution in [0.15, 0.2) is 0 Å². The average Bonchev–Trinajstić information content (AvgIpc) is 0.722. The molecular weight excluding hydrogens is 124 g/mol. The summed E-state index contributed by atoms with van der Waals surface area (Å²) in [5, 5.41) is 0. The minimum Gasteiger partial charge on any atom is -0.222 e. The summed E-state index contributed by atoms with van der Waals surface area (Å²) in [6, 6.07) is 0. The predicted molar refractivity (Wildman–Crippen MR) is 0 cm³/mol. The zero-order chi connectivity index (χ0) is 4.50. The molecule has 0 heterocycles. The molecule has 0 rings (SSSR count). The van der Waals surface area contributed by atoms with Crippen LogP contribution in [0.4, 0.5) is 0 Å². The first-order chi connectivity index (χ1) is 2.00. The SMILES string of the molecule is [Na+].[O-][Cl+3]([O-])([O-])[18O-]. The first-order valence-electron chi connectivity index (χ1n) is 0.617. The van der Waals surface area contributed by atoms with Gasteiger partial charge in [-0.15, -0.1) is 10.2 Å². The zero-order valence-corrected chi connectivity index (χ0v) is 5.77. The molecule has 0 bridgehead atoms. The summed E-state index contributed by atoms with van der Waals surface area (Å²) >= 11 is 0. The fourth-order valence-corrected chi connectivity index (χ4v) is 0. The van der Waals surface area contributed by atoms with E-state index in [0.717, 1.165) is 0 Å². The van der Waals surface area contributed by atoms with Crippen molar-refractivity contribution in [2.24, 2.45) is 0 Å². The van der Waals surface area contributed by atoms with E-state index in [2.05, 4.69) is 0 Å². The fourth-order valence-electron chi connectivity index (χ4n) is 0. The van der Waals surface area contributed by atoms with Crippen LogP contribution in [0, 0.1) is 10.2 Å². The van der Waals surface area contributed by atoms with E-state index in [4.69, 9.17) is 18.6 Å². The van der Waals surface area contributed by atoms with Crippen LogP contribution < -0.4 is 48.2 Å². The molecule has 0 aliphatic heterocycles. The molecule has 0 saturated heterocycles. The third-order valence-electron chi connectivity index (χ3n) is 0. The van der Waals surface area contributed by atoms with E-state index in [9.17, 15) is 0 Å². The van der Waals surface area contributed by atoms with E-state index in [1.807, 2.05) is 0 Å². The fraction of sp³-hybridized carbons (Fsp3) is 0. The molecule has 0 spiro atoms. The van der Waals surface area contributed by atoms with Crippen LogP contribution in [0.25, 0.3) is 0 Å². The Morgan fingerprint density at radius 3 is 1.17 bits per heavy atom. The molecule has 0 aromatic rings. The molecule has 0 aromatic carbocycles. The van der Waals surface area contributed by atoms with Crippen molar-refractivity contribution in [3.8, 4) is 0 Å². The minimum atomic E-state index is -4.94. The molecule has 0 aliphatic carbocycles. The van der Waals surface area contributed by atoms with Gasteiger partial charge in [0.1, 0.15) is 0 Å². The van der Waals surface area contributed by atoms with Gasteiger partial charge in [-0.25, -0.2) is 18.6 Å². The molecule has 0 atom stereocenters. The van der Waals surface area contributed by atoms with Crippen LogP contribution in [-0.4, -0.2) is 0 Å². The maximum absolute atomic E-state index is 8.49. The molecule has 0 aliphatic rings. The molecule has 0 radical (unpaired) electrons.